The third-order valence-electron chi connectivity index (χ3n) is 7.36. The lowest BCUT2D eigenvalue weighted by atomic mass is 9.84. The van der Waals surface area contributed by atoms with Crippen LogP contribution in [0.5, 0.6) is 0 Å². The van der Waals surface area contributed by atoms with Crippen molar-refractivity contribution < 1.29 is 23.1 Å². The van der Waals surface area contributed by atoms with E-state index in [1.165, 1.54) is 24.8 Å². The quantitative estimate of drug-likeness (QED) is 0.396. The van der Waals surface area contributed by atoms with E-state index in [1.807, 2.05) is 18.7 Å². The summed E-state index contributed by atoms with van der Waals surface area (Å²) in [6, 6.07) is -0.251. The Morgan fingerprint density at radius 1 is 1.25 bits per heavy atom. The van der Waals surface area contributed by atoms with Crippen LogP contribution in [-0.2, 0) is 14.3 Å². The molecule has 0 bridgehead atoms. The number of alkyl halides is 2. The third kappa shape index (κ3) is 5.33. The van der Waals surface area contributed by atoms with Crippen LogP contribution < -0.4 is 15.5 Å². The van der Waals surface area contributed by atoms with E-state index in [2.05, 4.69) is 37.3 Å². The van der Waals surface area contributed by atoms with Crippen molar-refractivity contribution in [3.05, 3.63) is 31.4 Å². The molecule has 3 aromatic heterocycles. The molecule has 214 valence electrons. The van der Waals surface area contributed by atoms with Crippen molar-refractivity contribution in [1.82, 2.24) is 39.5 Å². The molecule has 2 amide bonds. The molecule has 5 heterocycles. The van der Waals surface area contributed by atoms with E-state index in [0.29, 0.717) is 66.1 Å². The molecule has 0 radical (unpaired) electrons. The van der Waals surface area contributed by atoms with Crippen molar-refractivity contribution in [3.8, 4) is 5.69 Å². The van der Waals surface area contributed by atoms with Gasteiger partial charge in [0.05, 0.1) is 49.4 Å². The molecule has 2 aliphatic rings. The monoisotopic (exact) mass is 558 g/mol. The molecule has 2 aliphatic heterocycles. The van der Waals surface area contributed by atoms with Gasteiger partial charge in [0, 0.05) is 19.6 Å². The summed E-state index contributed by atoms with van der Waals surface area (Å²) in [5.41, 5.74) is 0.513. The lowest BCUT2D eigenvalue weighted by molar-refractivity contribution is -0.136. The normalized spacial score (nSPS) is 19.2. The number of nitrogens with zero attached hydrogens (tertiary/aromatic N) is 8. The Hall–Kier alpha value is -4.14. The number of hydrogen-bond acceptors (Lipinski definition) is 9. The van der Waals surface area contributed by atoms with Crippen molar-refractivity contribution in [2.24, 2.45) is 0 Å². The number of piperidine rings is 1. The second-order valence-electron chi connectivity index (χ2n) is 10.2. The zero-order valence-electron chi connectivity index (χ0n) is 22.4. The number of carbonyl (C=O) groups excluding carboxylic acids is 2. The predicted octanol–water partition coefficient (Wildman–Crippen LogP) is 1.73. The Bertz CT molecular complexity index is 1400. The van der Waals surface area contributed by atoms with Crippen molar-refractivity contribution in [2.45, 2.75) is 44.8 Å². The Labute approximate surface area is 229 Å². The molecule has 13 nitrogen and oxygen atoms in total. The number of morpholine rings is 1. The number of hydrogen-bond donors (Lipinski definition) is 2. The minimum atomic E-state index is -2.78. The van der Waals surface area contributed by atoms with Crippen molar-refractivity contribution in [3.63, 3.8) is 0 Å². The number of rotatable bonds is 8. The predicted molar refractivity (Wildman–Crippen MR) is 142 cm³/mol. The molecule has 2 saturated heterocycles. The summed E-state index contributed by atoms with van der Waals surface area (Å²) in [4.78, 5) is 42.8. The highest BCUT2D eigenvalue weighted by atomic mass is 19.3. The van der Waals surface area contributed by atoms with Gasteiger partial charge in [-0.05, 0) is 32.8 Å². The van der Waals surface area contributed by atoms with Gasteiger partial charge in [-0.1, -0.05) is 6.58 Å². The molecule has 1 unspecified atom stereocenters. The number of halogens is 2. The maximum atomic E-state index is 13.1. The fraction of sp³-hybridized carbons (Fsp3) is 0.520. The van der Waals surface area contributed by atoms with E-state index in [9.17, 15) is 18.4 Å². The lowest BCUT2D eigenvalue weighted by Gasteiger charge is -2.47. The van der Waals surface area contributed by atoms with Gasteiger partial charge in [0.15, 0.2) is 17.0 Å². The molecular formula is C25H32F2N10O3. The van der Waals surface area contributed by atoms with Gasteiger partial charge in [-0.2, -0.15) is 23.8 Å². The summed E-state index contributed by atoms with van der Waals surface area (Å²) >= 11 is 0. The maximum absolute atomic E-state index is 13.1. The molecule has 5 rings (SSSR count). The molecule has 3 aromatic rings. The minimum absolute atomic E-state index is 0.104. The number of fused-ring (bicyclic) bond motifs is 1. The summed E-state index contributed by atoms with van der Waals surface area (Å²) < 4.78 is 33.8. The Balaban J connectivity index is 1.39. The van der Waals surface area contributed by atoms with Gasteiger partial charge >= 0.3 is 6.55 Å². The Kier molecular flexibility index (Phi) is 7.65. The van der Waals surface area contributed by atoms with Crippen LogP contribution in [0.3, 0.4) is 0 Å². The Morgan fingerprint density at radius 2 is 2.02 bits per heavy atom. The molecule has 40 heavy (non-hydrogen) atoms. The number of likely N-dealkylation sites (tertiary alicyclic amines) is 1. The number of anilines is 2. The highest BCUT2D eigenvalue weighted by Gasteiger charge is 2.41. The standard InChI is InChI=1S/C25H32F2N10O3/c1-4-19(39)36-7-5-6-17(25(36,2)3)31-18(38)13-28-21-20-22(33-24(32-21)34-8-10-40-11-9-34)35(15-29-20)16-12-30-37(14-16)23(26)27/h4,12,14-15,17,23H,1,5-11,13H2,2-3H3,(H,31,38)(H,28,32,33). The van der Waals surface area contributed by atoms with Crippen LogP contribution in [0.15, 0.2) is 31.4 Å². The van der Waals surface area contributed by atoms with Crippen molar-refractivity contribution >= 4 is 34.7 Å². The number of amides is 2. The van der Waals surface area contributed by atoms with E-state index in [0.717, 1.165) is 12.8 Å². The van der Waals surface area contributed by atoms with Crippen LogP contribution in [0.2, 0.25) is 0 Å². The SMILES string of the molecule is C=CC(=O)N1CCCC(NC(=O)CNc2nc(N3CCOCC3)nc3c2ncn3-c2cnn(C(F)F)c2)C1(C)C. The number of carbonyl (C=O) groups is 2. The van der Waals surface area contributed by atoms with Gasteiger partial charge in [0.2, 0.25) is 17.8 Å². The number of ether oxygens (including phenoxy) is 1. The summed E-state index contributed by atoms with van der Waals surface area (Å²) in [5.74, 6) is 0.279. The molecule has 15 heteroatoms. The van der Waals surface area contributed by atoms with Gasteiger partial charge in [-0.15, -0.1) is 0 Å². The Morgan fingerprint density at radius 3 is 2.73 bits per heavy atom. The first-order valence-electron chi connectivity index (χ1n) is 13.1. The molecule has 0 spiro atoms. The van der Waals surface area contributed by atoms with E-state index < -0.39 is 12.1 Å². The minimum Gasteiger partial charge on any atom is -0.378 e. The number of imidazole rings is 1. The van der Waals surface area contributed by atoms with Crippen LogP contribution in [0.4, 0.5) is 20.5 Å². The van der Waals surface area contributed by atoms with Gasteiger partial charge in [-0.25, -0.2) is 9.67 Å². The summed E-state index contributed by atoms with van der Waals surface area (Å²) in [6.07, 6.45) is 6.74. The fourth-order valence-electron chi connectivity index (χ4n) is 5.11. The van der Waals surface area contributed by atoms with Crippen LogP contribution in [0, 0.1) is 0 Å². The van der Waals surface area contributed by atoms with E-state index in [4.69, 9.17) is 4.74 Å². The molecule has 0 saturated carbocycles. The van der Waals surface area contributed by atoms with E-state index in [1.54, 1.807) is 9.47 Å². The summed E-state index contributed by atoms with van der Waals surface area (Å²) in [5, 5.41) is 9.84. The molecule has 1 atom stereocenters. The van der Waals surface area contributed by atoms with E-state index in [-0.39, 0.29) is 24.4 Å². The molecular weight excluding hydrogens is 526 g/mol. The fourth-order valence-corrected chi connectivity index (χ4v) is 5.11. The highest BCUT2D eigenvalue weighted by molar-refractivity contribution is 5.89. The largest absolute Gasteiger partial charge is 0.378 e. The second kappa shape index (κ2) is 11.2. The maximum Gasteiger partial charge on any atom is 0.333 e. The van der Waals surface area contributed by atoms with Gasteiger partial charge < -0.3 is 25.2 Å². The van der Waals surface area contributed by atoms with Crippen molar-refractivity contribution in [2.75, 3.05) is 49.6 Å². The van der Waals surface area contributed by atoms with Crippen LogP contribution >= 0.6 is 0 Å². The topological polar surface area (TPSA) is 135 Å². The summed E-state index contributed by atoms with van der Waals surface area (Å²) in [7, 11) is 0. The second-order valence-corrected chi connectivity index (χ2v) is 10.2. The average molecular weight is 559 g/mol. The summed E-state index contributed by atoms with van der Waals surface area (Å²) in [6.45, 7) is 7.32. The average Bonchev–Trinajstić information content (AvgIpc) is 3.60. The third-order valence-corrected chi connectivity index (χ3v) is 7.36. The van der Waals surface area contributed by atoms with Crippen LogP contribution in [0.25, 0.3) is 16.9 Å². The van der Waals surface area contributed by atoms with Crippen LogP contribution in [0.1, 0.15) is 33.2 Å². The zero-order valence-corrected chi connectivity index (χ0v) is 22.4. The molecule has 0 aliphatic carbocycles. The van der Waals surface area contributed by atoms with Gasteiger partial charge in [0.1, 0.15) is 6.33 Å². The first-order valence-corrected chi connectivity index (χ1v) is 13.1. The van der Waals surface area contributed by atoms with Gasteiger partial charge in [0.25, 0.3) is 0 Å². The number of aromatic nitrogens is 6. The first kappa shape index (κ1) is 27.4. The van der Waals surface area contributed by atoms with Crippen LogP contribution in [-0.4, -0.2) is 97.0 Å². The first-order chi connectivity index (χ1) is 19.2. The zero-order chi connectivity index (χ0) is 28.4. The smallest absolute Gasteiger partial charge is 0.333 e. The molecule has 0 aromatic carbocycles. The molecule has 2 fully saturated rings. The highest BCUT2D eigenvalue weighted by Crippen LogP contribution is 2.29. The molecule has 2 N–H and O–H groups in total. The lowest BCUT2D eigenvalue weighted by Crippen LogP contribution is -2.63. The van der Waals surface area contributed by atoms with E-state index >= 15 is 0 Å². The number of nitrogens with one attached hydrogen (secondary N) is 2. The van der Waals surface area contributed by atoms with Gasteiger partial charge in [-0.3, -0.25) is 14.2 Å². The van der Waals surface area contributed by atoms with Crippen molar-refractivity contribution in [1.29, 1.82) is 0 Å².